The molecule has 0 saturated carbocycles. The molecule has 0 unspecified atom stereocenters. The Bertz CT molecular complexity index is 1010. The Hall–Kier alpha value is -3.24. The summed E-state index contributed by atoms with van der Waals surface area (Å²) in [5, 5.41) is 21.8. The molecule has 1 aromatic heterocycles. The third-order valence-electron chi connectivity index (χ3n) is 3.49. The van der Waals surface area contributed by atoms with Gasteiger partial charge in [-0.15, -0.1) is 10.2 Å². The molecule has 0 aliphatic carbocycles. The number of para-hydroxylation sites is 2. The second kappa shape index (κ2) is 10.3. The van der Waals surface area contributed by atoms with E-state index >= 15 is 0 Å². The first kappa shape index (κ1) is 20.5. The van der Waals surface area contributed by atoms with Crippen LogP contribution < -0.4 is 10.1 Å². The van der Waals surface area contributed by atoms with Crippen molar-refractivity contribution in [2.24, 2.45) is 0 Å². The number of nitro benzene ring substituents is 1. The summed E-state index contributed by atoms with van der Waals surface area (Å²) in [6.07, 6.45) is 4.05. The van der Waals surface area contributed by atoms with Crippen LogP contribution in [0.25, 0.3) is 6.08 Å². The van der Waals surface area contributed by atoms with Crippen molar-refractivity contribution < 1.29 is 14.5 Å². The summed E-state index contributed by atoms with van der Waals surface area (Å²) in [5.74, 6) is 0.282. The van der Waals surface area contributed by atoms with Gasteiger partial charge in [-0.1, -0.05) is 77.7 Å². The third-order valence-corrected chi connectivity index (χ3v) is 5.41. The van der Waals surface area contributed by atoms with Gasteiger partial charge in [0.2, 0.25) is 5.13 Å². The van der Waals surface area contributed by atoms with Gasteiger partial charge in [0, 0.05) is 11.8 Å². The zero-order chi connectivity index (χ0) is 20.5. The second-order valence-corrected chi connectivity index (χ2v) is 7.80. The molecule has 0 atom stereocenters. The first-order chi connectivity index (χ1) is 14.1. The van der Waals surface area contributed by atoms with Crippen LogP contribution >= 0.6 is 23.1 Å². The molecule has 0 saturated heterocycles. The Labute approximate surface area is 174 Å². The average molecular weight is 428 g/mol. The zero-order valence-electron chi connectivity index (χ0n) is 15.1. The summed E-state index contributed by atoms with van der Waals surface area (Å²) in [6.45, 7) is -0.368. The normalized spacial score (nSPS) is 10.8. The average Bonchev–Trinajstić information content (AvgIpc) is 3.17. The molecule has 3 aromatic rings. The lowest BCUT2D eigenvalue weighted by Crippen LogP contribution is -2.20. The highest BCUT2D eigenvalue weighted by Gasteiger charge is 2.15. The van der Waals surface area contributed by atoms with Gasteiger partial charge in [0.1, 0.15) is 0 Å². The summed E-state index contributed by atoms with van der Waals surface area (Å²) in [4.78, 5) is 22.4. The van der Waals surface area contributed by atoms with Crippen molar-refractivity contribution in [3.05, 3.63) is 76.4 Å². The third kappa shape index (κ3) is 6.40. The molecule has 0 aliphatic heterocycles. The van der Waals surface area contributed by atoms with Crippen LogP contribution in [0.15, 0.2) is 65.0 Å². The first-order valence-corrected chi connectivity index (χ1v) is 10.3. The van der Waals surface area contributed by atoms with Gasteiger partial charge in [-0.25, -0.2) is 0 Å². The number of nitrogens with zero attached hydrogens (tertiary/aromatic N) is 3. The predicted molar refractivity (Wildman–Crippen MR) is 113 cm³/mol. The molecule has 29 heavy (non-hydrogen) atoms. The van der Waals surface area contributed by atoms with Crippen molar-refractivity contribution in [1.29, 1.82) is 0 Å². The van der Waals surface area contributed by atoms with Crippen molar-refractivity contribution in [1.82, 2.24) is 10.2 Å². The van der Waals surface area contributed by atoms with Crippen molar-refractivity contribution in [2.45, 2.75) is 4.34 Å². The molecule has 8 nitrogen and oxygen atoms in total. The molecule has 3 rings (SSSR count). The summed E-state index contributed by atoms with van der Waals surface area (Å²) < 4.78 is 5.97. The molecule has 10 heteroatoms. The summed E-state index contributed by atoms with van der Waals surface area (Å²) in [5.41, 5.74) is 0.926. The molecule has 1 N–H and O–H groups in total. The molecule has 148 valence electrons. The minimum atomic E-state index is -0.562. The van der Waals surface area contributed by atoms with E-state index in [4.69, 9.17) is 4.74 Å². The standard InChI is InChI=1S/C19H16N4O4S2/c24-17(13-27-16-11-5-4-10-15(16)23(25)26)20-18-21-22-19(29-18)28-12-6-9-14-7-2-1-3-8-14/h1-11H,12-13H2,(H,20,21,24)/b9-6+. The Balaban J connectivity index is 1.45. The second-order valence-electron chi connectivity index (χ2n) is 5.56. The first-order valence-electron chi connectivity index (χ1n) is 8.46. The van der Waals surface area contributed by atoms with Crippen LogP contribution in [0.5, 0.6) is 5.75 Å². The number of hydrogen-bond donors (Lipinski definition) is 1. The Kier molecular flexibility index (Phi) is 7.31. The number of thioether (sulfide) groups is 1. The predicted octanol–water partition coefficient (Wildman–Crippen LogP) is 4.27. The van der Waals surface area contributed by atoms with Crippen LogP contribution in [0.2, 0.25) is 0 Å². The number of rotatable bonds is 9. The number of carbonyl (C=O) groups excluding carboxylic acids is 1. The monoisotopic (exact) mass is 428 g/mol. The minimum absolute atomic E-state index is 0.0337. The van der Waals surface area contributed by atoms with Crippen LogP contribution in [0.3, 0.4) is 0 Å². The summed E-state index contributed by atoms with van der Waals surface area (Å²) in [7, 11) is 0. The van der Waals surface area contributed by atoms with E-state index in [2.05, 4.69) is 15.5 Å². The number of benzene rings is 2. The van der Waals surface area contributed by atoms with E-state index in [-0.39, 0.29) is 18.0 Å². The SMILES string of the molecule is O=C(COc1ccccc1[N+](=O)[O-])Nc1nnc(SC/C=C/c2ccccc2)s1. The molecular weight excluding hydrogens is 412 g/mol. The van der Waals surface area contributed by atoms with E-state index in [1.165, 1.54) is 41.3 Å². The number of hydrogen-bond acceptors (Lipinski definition) is 8. The molecule has 0 bridgehead atoms. The van der Waals surface area contributed by atoms with Crippen molar-refractivity contribution in [2.75, 3.05) is 17.7 Å². The largest absolute Gasteiger partial charge is 0.477 e. The van der Waals surface area contributed by atoms with E-state index in [0.717, 1.165) is 15.7 Å². The van der Waals surface area contributed by atoms with Crippen LogP contribution in [-0.2, 0) is 4.79 Å². The van der Waals surface area contributed by atoms with Crippen LogP contribution in [0.1, 0.15) is 5.56 Å². The topological polar surface area (TPSA) is 107 Å². The van der Waals surface area contributed by atoms with Gasteiger partial charge in [0.05, 0.1) is 4.92 Å². The van der Waals surface area contributed by atoms with Gasteiger partial charge in [-0.2, -0.15) is 0 Å². The van der Waals surface area contributed by atoms with Crippen LogP contribution in [-0.4, -0.2) is 33.4 Å². The maximum absolute atomic E-state index is 12.0. The highest BCUT2D eigenvalue weighted by Crippen LogP contribution is 2.27. The fourth-order valence-corrected chi connectivity index (χ4v) is 3.82. The summed E-state index contributed by atoms with van der Waals surface area (Å²) in [6, 6.07) is 15.8. The quantitative estimate of drug-likeness (QED) is 0.235. The van der Waals surface area contributed by atoms with E-state index in [0.29, 0.717) is 5.13 Å². The number of amides is 1. The number of anilines is 1. The van der Waals surface area contributed by atoms with E-state index in [1.807, 2.05) is 42.5 Å². The number of ether oxygens (including phenoxy) is 1. The molecule has 2 aromatic carbocycles. The molecule has 0 fully saturated rings. The van der Waals surface area contributed by atoms with Gasteiger partial charge < -0.3 is 4.74 Å². The van der Waals surface area contributed by atoms with Crippen molar-refractivity contribution >= 4 is 45.9 Å². The maximum Gasteiger partial charge on any atom is 0.310 e. The number of nitrogens with one attached hydrogen (secondary N) is 1. The smallest absolute Gasteiger partial charge is 0.310 e. The fraction of sp³-hybridized carbons (Fsp3) is 0.105. The van der Waals surface area contributed by atoms with E-state index in [9.17, 15) is 14.9 Å². The van der Waals surface area contributed by atoms with Crippen LogP contribution in [0.4, 0.5) is 10.8 Å². The highest BCUT2D eigenvalue weighted by atomic mass is 32.2. The van der Waals surface area contributed by atoms with Gasteiger partial charge in [0.15, 0.2) is 16.7 Å². The zero-order valence-corrected chi connectivity index (χ0v) is 16.7. The van der Waals surface area contributed by atoms with Crippen molar-refractivity contribution in [3.63, 3.8) is 0 Å². The van der Waals surface area contributed by atoms with Crippen LogP contribution in [0, 0.1) is 10.1 Å². The number of carbonyl (C=O) groups is 1. The lowest BCUT2D eigenvalue weighted by atomic mass is 10.2. The van der Waals surface area contributed by atoms with Gasteiger partial charge in [-0.05, 0) is 11.6 Å². The maximum atomic E-state index is 12.0. The van der Waals surface area contributed by atoms with Gasteiger partial charge in [-0.3, -0.25) is 20.2 Å². The van der Waals surface area contributed by atoms with Gasteiger partial charge >= 0.3 is 5.69 Å². The van der Waals surface area contributed by atoms with E-state index in [1.54, 1.807) is 6.07 Å². The lowest BCUT2D eigenvalue weighted by Gasteiger charge is -2.05. The minimum Gasteiger partial charge on any atom is -0.477 e. The molecule has 0 radical (unpaired) electrons. The molecule has 1 heterocycles. The van der Waals surface area contributed by atoms with E-state index < -0.39 is 10.8 Å². The summed E-state index contributed by atoms with van der Waals surface area (Å²) >= 11 is 2.75. The number of nitro groups is 1. The molecule has 0 aliphatic rings. The fourth-order valence-electron chi connectivity index (χ4n) is 2.22. The van der Waals surface area contributed by atoms with Crippen molar-refractivity contribution in [3.8, 4) is 5.75 Å². The van der Waals surface area contributed by atoms with Gasteiger partial charge in [0.25, 0.3) is 5.91 Å². The Morgan fingerprint density at radius 2 is 1.93 bits per heavy atom. The number of aromatic nitrogens is 2. The highest BCUT2D eigenvalue weighted by molar-refractivity contribution is 8.01. The molecular formula is C19H16N4O4S2. The Morgan fingerprint density at radius 1 is 1.17 bits per heavy atom. The Morgan fingerprint density at radius 3 is 2.72 bits per heavy atom. The lowest BCUT2D eigenvalue weighted by molar-refractivity contribution is -0.385. The molecule has 1 amide bonds. The molecule has 0 spiro atoms.